The van der Waals surface area contributed by atoms with Crippen LogP contribution in [-0.2, 0) is 4.79 Å². The molecule has 1 unspecified atom stereocenters. The first-order valence-electron chi connectivity index (χ1n) is 7.25. The molecule has 0 saturated carbocycles. The molecule has 1 atom stereocenters. The lowest BCUT2D eigenvalue weighted by Crippen LogP contribution is -2.33. The van der Waals surface area contributed by atoms with E-state index in [2.05, 4.69) is 6.92 Å². The van der Waals surface area contributed by atoms with Crippen LogP contribution in [-0.4, -0.2) is 15.7 Å². The van der Waals surface area contributed by atoms with Gasteiger partial charge in [0.15, 0.2) is 0 Å². The fourth-order valence-electron chi connectivity index (χ4n) is 1.93. The van der Waals surface area contributed by atoms with Gasteiger partial charge in [-0.3, -0.25) is 0 Å². The zero-order chi connectivity index (χ0) is 15.7. The molecule has 0 radical (unpaired) electrons. The highest BCUT2D eigenvalue weighted by atomic mass is 35.5. The predicted molar refractivity (Wildman–Crippen MR) is 89.5 cm³/mol. The number of carbonyl (C=O) groups is 1. The number of benzene rings is 1. The number of halogens is 3. The van der Waals surface area contributed by atoms with Crippen LogP contribution in [0.25, 0.3) is 0 Å². The summed E-state index contributed by atoms with van der Waals surface area (Å²) in [7, 11) is 0. The molecule has 0 bridgehead atoms. The first kappa shape index (κ1) is 18.6. The summed E-state index contributed by atoms with van der Waals surface area (Å²) >= 11 is 18.4. The zero-order valence-corrected chi connectivity index (χ0v) is 14.4. The van der Waals surface area contributed by atoms with Crippen molar-refractivity contribution < 1.29 is 9.53 Å². The lowest BCUT2D eigenvalue weighted by Gasteiger charge is -2.20. The van der Waals surface area contributed by atoms with Gasteiger partial charge >= 0.3 is 5.97 Å². The van der Waals surface area contributed by atoms with E-state index in [1.807, 2.05) is 6.07 Å². The number of carbonyl (C=O) groups excluding carboxylic acids is 1. The van der Waals surface area contributed by atoms with Crippen LogP contribution in [0.15, 0.2) is 30.3 Å². The molecule has 1 aromatic carbocycles. The molecule has 5 heteroatoms. The molecule has 0 N–H and O–H groups in total. The largest absolute Gasteiger partial charge is 0.424 e. The van der Waals surface area contributed by atoms with E-state index in [0.717, 1.165) is 19.3 Å². The summed E-state index contributed by atoms with van der Waals surface area (Å²) in [6, 6.07) is 8.71. The van der Waals surface area contributed by atoms with Crippen LogP contribution >= 0.6 is 34.8 Å². The predicted octanol–water partition coefficient (Wildman–Crippen LogP) is 5.73. The first-order chi connectivity index (χ1) is 9.95. The molecule has 21 heavy (non-hydrogen) atoms. The number of esters is 1. The highest BCUT2D eigenvalue weighted by molar-refractivity contribution is 6.57. The lowest BCUT2D eigenvalue weighted by molar-refractivity contribution is -0.135. The summed E-state index contributed by atoms with van der Waals surface area (Å²) in [5.41, 5.74) is 0. The van der Waals surface area contributed by atoms with Gasteiger partial charge in [-0.1, -0.05) is 74.0 Å². The summed E-state index contributed by atoms with van der Waals surface area (Å²) < 4.78 is 3.54. The van der Waals surface area contributed by atoms with Crippen LogP contribution in [0.3, 0.4) is 0 Å². The Morgan fingerprint density at radius 1 is 1.19 bits per heavy atom. The fraction of sp³-hybridized carbons (Fsp3) is 0.562. The normalized spacial score (nSPS) is 13.0. The Morgan fingerprint density at radius 3 is 2.48 bits per heavy atom. The summed E-state index contributed by atoms with van der Waals surface area (Å²) in [5.74, 6) is -0.265. The maximum Gasteiger partial charge on any atom is 0.348 e. The Labute approximate surface area is 141 Å². The average molecular weight is 352 g/mol. The molecule has 0 amide bonds. The van der Waals surface area contributed by atoms with Gasteiger partial charge in [-0.25, -0.2) is 4.79 Å². The molecule has 0 aliphatic rings. The second-order valence-corrected chi connectivity index (χ2v) is 7.16. The summed E-state index contributed by atoms with van der Waals surface area (Å²) in [6.07, 6.45) is 5.47. The molecule has 0 aromatic heterocycles. The third kappa shape index (κ3) is 7.39. The molecule has 0 spiro atoms. The Balaban J connectivity index is 2.42. The van der Waals surface area contributed by atoms with Crippen LogP contribution < -0.4 is 4.74 Å². The number of hydrogen-bond donors (Lipinski definition) is 0. The Morgan fingerprint density at radius 2 is 1.86 bits per heavy atom. The quantitative estimate of drug-likeness (QED) is 0.246. The van der Waals surface area contributed by atoms with E-state index in [0.29, 0.717) is 5.75 Å². The van der Waals surface area contributed by atoms with Gasteiger partial charge in [-0.05, 0) is 18.6 Å². The maximum absolute atomic E-state index is 12.0. The lowest BCUT2D eigenvalue weighted by atomic mass is 10.1. The number of ether oxygens (including phenoxy) is 1. The second kappa shape index (κ2) is 9.55. The second-order valence-electron chi connectivity index (χ2n) is 5.06. The van der Waals surface area contributed by atoms with Crippen molar-refractivity contribution in [2.45, 2.75) is 55.2 Å². The number of unbranched alkanes of at least 4 members (excludes halogenated alkanes) is 3. The molecule has 0 aliphatic carbocycles. The van der Waals surface area contributed by atoms with Crippen LogP contribution in [0.4, 0.5) is 0 Å². The van der Waals surface area contributed by atoms with Gasteiger partial charge in [0, 0.05) is 11.8 Å². The van der Waals surface area contributed by atoms with Gasteiger partial charge in [0.05, 0.1) is 0 Å². The molecule has 0 saturated heterocycles. The minimum Gasteiger partial charge on any atom is -0.424 e. The topological polar surface area (TPSA) is 26.3 Å². The molecule has 118 valence electrons. The van der Waals surface area contributed by atoms with E-state index in [1.165, 1.54) is 12.8 Å². The van der Waals surface area contributed by atoms with Crippen molar-refractivity contribution in [1.29, 1.82) is 0 Å². The zero-order valence-electron chi connectivity index (χ0n) is 12.2. The summed E-state index contributed by atoms with van der Waals surface area (Å²) in [4.78, 5) is 12.0. The van der Waals surface area contributed by atoms with E-state index < -0.39 is 10.3 Å². The highest BCUT2D eigenvalue weighted by Gasteiger charge is 2.38. The van der Waals surface area contributed by atoms with E-state index in [-0.39, 0.29) is 11.8 Å². The number of rotatable bonds is 9. The van der Waals surface area contributed by atoms with Crippen molar-refractivity contribution in [3.63, 3.8) is 0 Å². The van der Waals surface area contributed by atoms with Crippen LogP contribution in [0.5, 0.6) is 5.75 Å². The van der Waals surface area contributed by atoms with Gasteiger partial charge < -0.3 is 4.74 Å². The number of alkyl halides is 3. The average Bonchev–Trinajstić information content (AvgIpc) is 2.44. The van der Waals surface area contributed by atoms with Gasteiger partial charge in [0.25, 0.3) is 0 Å². The van der Waals surface area contributed by atoms with E-state index in [4.69, 9.17) is 39.5 Å². The number of para-hydroxylation sites is 1. The molecule has 2 nitrogen and oxygen atoms in total. The monoisotopic (exact) mass is 350 g/mol. The van der Waals surface area contributed by atoms with Crippen molar-refractivity contribution in [2.75, 3.05) is 0 Å². The Kier molecular flexibility index (Phi) is 8.46. The summed E-state index contributed by atoms with van der Waals surface area (Å²) in [5, 5.41) is -0.236. The Bertz CT molecular complexity index is 421. The minimum atomic E-state index is -1.62. The van der Waals surface area contributed by atoms with Crippen molar-refractivity contribution in [3.05, 3.63) is 30.3 Å². The third-order valence-electron chi connectivity index (χ3n) is 3.10. The van der Waals surface area contributed by atoms with Crippen LogP contribution in [0.1, 0.15) is 45.4 Å². The molecule has 0 heterocycles. The van der Waals surface area contributed by atoms with Crippen LogP contribution in [0, 0.1) is 0 Å². The SMILES string of the molecule is CCCCCCC(Cl)CC(Cl)(Cl)C(=O)Oc1ccccc1. The van der Waals surface area contributed by atoms with Gasteiger partial charge in [-0.2, -0.15) is 0 Å². The Hall–Kier alpha value is -0.440. The van der Waals surface area contributed by atoms with Crippen LogP contribution in [0.2, 0.25) is 0 Å². The first-order valence-corrected chi connectivity index (χ1v) is 8.44. The molecular weight excluding hydrogens is 331 g/mol. The molecular formula is C16H21Cl3O2. The van der Waals surface area contributed by atoms with Crippen molar-refractivity contribution in [3.8, 4) is 5.75 Å². The van der Waals surface area contributed by atoms with Crippen molar-refractivity contribution in [2.24, 2.45) is 0 Å². The van der Waals surface area contributed by atoms with E-state index in [9.17, 15) is 4.79 Å². The standard InChI is InChI=1S/C16H21Cl3O2/c1-2-3-4-6-9-13(17)12-16(18,19)15(20)21-14-10-7-5-8-11-14/h5,7-8,10-11,13H,2-4,6,9,12H2,1H3. The van der Waals surface area contributed by atoms with E-state index in [1.54, 1.807) is 24.3 Å². The van der Waals surface area contributed by atoms with Crippen molar-refractivity contribution in [1.82, 2.24) is 0 Å². The van der Waals surface area contributed by atoms with Crippen molar-refractivity contribution >= 4 is 40.8 Å². The number of hydrogen-bond acceptors (Lipinski definition) is 2. The van der Waals surface area contributed by atoms with E-state index >= 15 is 0 Å². The molecule has 0 aliphatic heterocycles. The summed E-state index contributed by atoms with van der Waals surface area (Å²) in [6.45, 7) is 2.15. The molecule has 0 fully saturated rings. The molecule has 1 rings (SSSR count). The molecule has 1 aromatic rings. The minimum absolute atomic E-state index is 0.176. The fourth-order valence-corrected chi connectivity index (χ4v) is 2.92. The van der Waals surface area contributed by atoms with Gasteiger partial charge in [-0.15, -0.1) is 11.6 Å². The maximum atomic E-state index is 12.0. The van der Waals surface area contributed by atoms with Gasteiger partial charge in [0.2, 0.25) is 4.33 Å². The third-order valence-corrected chi connectivity index (χ3v) is 4.09. The smallest absolute Gasteiger partial charge is 0.348 e. The highest BCUT2D eigenvalue weighted by Crippen LogP contribution is 2.32. The van der Waals surface area contributed by atoms with Gasteiger partial charge in [0.1, 0.15) is 5.75 Å².